The lowest BCUT2D eigenvalue weighted by Crippen LogP contribution is -2.54. The Bertz CT molecular complexity index is 152. The number of quaternary nitrogens is 1. The molecule has 64 valence electrons. The molecule has 0 aliphatic carbocycles. The van der Waals surface area contributed by atoms with Gasteiger partial charge in [-0.3, -0.25) is 4.79 Å². The normalized spacial score (nSPS) is 10.8. The minimum absolute atomic E-state index is 0.122. The van der Waals surface area contributed by atoms with Crippen molar-refractivity contribution < 1.29 is 9.39 Å². The number of hydrogen-bond acceptors (Lipinski definition) is 1. The van der Waals surface area contributed by atoms with Gasteiger partial charge in [0.1, 0.15) is 6.54 Å². The molecule has 0 rings (SSSR count). The number of amides is 1. The number of hydrogen-bond donors (Lipinski definition) is 1. The molecule has 3 heteroatoms. The Balaban J connectivity index is 3.89. The van der Waals surface area contributed by atoms with Gasteiger partial charge in [0.15, 0.2) is 0 Å². The minimum atomic E-state index is -0.122. The molecule has 0 fully saturated rings. The summed E-state index contributed by atoms with van der Waals surface area (Å²) in [4.78, 5) is 10.9. The fraction of sp³-hybridized carbons (Fsp3) is 0.625. The van der Waals surface area contributed by atoms with Gasteiger partial charge in [-0.1, -0.05) is 13.5 Å². The van der Waals surface area contributed by atoms with Gasteiger partial charge in [0.25, 0.3) is 5.91 Å². The summed E-state index contributed by atoms with van der Waals surface area (Å²) in [5, 5.41) is 0. The smallest absolute Gasteiger partial charge is 0.265 e. The van der Waals surface area contributed by atoms with E-state index in [2.05, 4.69) is 18.9 Å². The molecule has 0 aromatic carbocycles. The summed E-state index contributed by atoms with van der Waals surface area (Å²) in [6.45, 7) is 6.40. The number of carbonyl (C=O) groups is 1. The van der Waals surface area contributed by atoms with Crippen molar-refractivity contribution in [2.45, 2.75) is 13.3 Å². The maximum absolute atomic E-state index is 10.9. The molecule has 1 amide bonds. The number of nitrogens with zero attached hydrogens (tertiary/aromatic N) is 1. The Labute approximate surface area is 68.3 Å². The van der Waals surface area contributed by atoms with E-state index >= 15 is 0 Å². The van der Waals surface area contributed by atoms with E-state index in [1.54, 1.807) is 0 Å². The number of rotatable bonds is 4. The molecule has 0 saturated heterocycles. The summed E-state index contributed by atoms with van der Waals surface area (Å²) >= 11 is 0. The fourth-order valence-corrected chi connectivity index (χ4v) is 0.959. The molecule has 0 aliphatic heterocycles. The van der Waals surface area contributed by atoms with Crippen LogP contribution in [0.15, 0.2) is 12.7 Å². The first-order valence-corrected chi connectivity index (χ1v) is 3.79. The van der Waals surface area contributed by atoms with Crippen molar-refractivity contribution in [3.8, 4) is 0 Å². The molecule has 0 aromatic heterocycles. The van der Waals surface area contributed by atoms with Crippen LogP contribution >= 0.6 is 0 Å². The zero-order valence-corrected chi connectivity index (χ0v) is 7.55. The van der Waals surface area contributed by atoms with Gasteiger partial charge in [0.2, 0.25) is 0 Å². The molecule has 0 aliphatic rings. The van der Waals surface area contributed by atoms with Crippen LogP contribution in [-0.4, -0.2) is 31.1 Å². The molecule has 1 N–H and O–H groups in total. The van der Waals surface area contributed by atoms with Crippen molar-refractivity contribution in [2.24, 2.45) is 0 Å². The number of nitrogens with one attached hydrogen (secondary N) is 1. The van der Waals surface area contributed by atoms with Gasteiger partial charge in [-0.05, 0) is 6.42 Å². The Morgan fingerprint density at radius 3 is 2.55 bits per heavy atom. The van der Waals surface area contributed by atoms with Crippen LogP contribution in [0.25, 0.3) is 0 Å². The molecule has 0 atom stereocenters. The molecule has 0 saturated carbocycles. The molecule has 0 aromatic rings. The van der Waals surface area contributed by atoms with Crippen LogP contribution in [0.4, 0.5) is 0 Å². The average molecular weight is 157 g/mol. The SMILES string of the molecule is C=CC(=O)N[N+](C)(C)CCC. The van der Waals surface area contributed by atoms with Crippen molar-refractivity contribution in [3.05, 3.63) is 12.7 Å². The van der Waals surface area contributed by atoms with Crippen molar-refractivity contribution in [2.75, 3.05) is 20.6 Å². The molecule has 0 heterocycles. The zero-order chi connectivity index (χ0) is 8.91. The summed E-state index contributed by atoms with van der Waals surface area (Å²) < 4.78 is 0.515. The van der Waals surface area contributed by atoms with E-state index < -0.39 is 0 Å². The van der Waals surface area contributed by atoms with E-state index in [0.717, 1.165) is 13.0 Å². The topological polar surface area (TPSA) is 29.1 Å². The van der Waals surface area contributed by atoms with Crippen LogP contribution in [0.5, 0.6) is 0 Å². The monoisotopic (exact) mass is 157 g/mol. The predicted molar refractivity (Wildman–Crippen MR) is 45.6 cm³/mol. The highest BCUT2D eigenvalue weighted by Gasteiger charge is 2.14. The van der Waals surface area contributed by atoms with Crippen molar-refractivity contribution in [1.82, 2.24) is 5.43 Å². The standard InChI is InChI=1S/C8H16N2O/c1-5-7-10(3,4)9-8(11)6-2/h6H,2,5,7H2,1,3-4H3/p+1. The molecule has 3 nitrogen and oxygen atoms in total. The lowest BCUT2D eigenvalue weighted by molar-refractivity contribution is -0.924. The third-order valence-electron chi connectivity index (χ3n) is 1.38. The second-order valence-corrected chi connectivity index (χ2v) is 3.09. The van der Waals surface area contributed by atoms with Crippen LogP contribution in [0, 0.1) is 0 Å². The highest BCUT2D eigenvalue weighted by molar-refractivity contribution is 5.85. The Morgan fingerprint density at radius 1 is 1.64 bits per heavy atom. The van der Waals surface area contributed by atoms with E-state index in [9.17, 15) is 4.79 Å². The van der Waals surface area contributed by atoms with E-state index in [4.69, 9.17) is 0 Å². The summed E-state index contributed by atoms with van der Waals surface area (Å²) in [5.41, 5.74) is 2.79. The lowest BCUT2D eigenvalue weighted by Gasteiger charge is -2.27. The zero-order valence-electron chi connectivity index (χ0n) is 7.55. The quantitative estimate of drug-likeness (QED) is 0.363. The summed E-state index contributed by atoms with van der Waals surface area (Å²) in [6.07, 6.45) is 2.33. The lowest BCUT2D eigenvalue weighted by atomic mass is 10.4. The van der Waals surface area contributed by atoms with Gasteiger partial charge in [0.05, 0.1) is 14.1 Å². The van der Waals surface area contributed by atoms with E-state index in [0.29, 0.717) is 4.59 Å². The highest BCUT2D eigenvalue weighted by atomic mass is 16.2. The largest absolute Gasteiger partial charge is 0.288 e. The molecule has 0 unspecified atom stereocenters. The number of carbonyl (C=O) groups excluding carboxylic acids is 1. The Morgan fingerprint density at radius 2 is 2.18 bits per heavy atom. The highest BCUT2D eigenvalue weighted by Crippen LogP contribution is 1.92. The maximum atomic E-state index is 10.9. The van der Waals surface area contributed by atoms with Crippen LogP contribution in [-0.2, 0) is 4.79 Å². The second-order valence-electron chi connectivity index (χ2n) is 3.09. The van der Waals surface area contributed by atoms with E-state index in [-0.39, 0.29) is 5.91 Å². The molecule has 0 bridgehead atoms. The predicted octanol–water partition coefficient (Wildman–Crippen LogP) is 0.690. The summed E-state index contributed by atoms with van der Waals surface area (Å²) in [5.74, 6) is -0.122. The Hall–Kier alpha value is -0.830. The maximum Gasteiger partial charge on any atom is 0.288 e. The molecule has 11 heavy (non-hydrogen) atoms. The molecular formula is C8H17N2O+. The van der Waals surface area contributed by atoms with Gasteiger partial charge in [-0.25, -0.2) is 4.59 Å². The van der Waals surface area contributed by atoms with E-state index in [1.165, 1.54) is 6.08 Å². The van der Waals surface area contributed by atoms with Gasteiger partial charge in [0, 0.05) is 6.08 Å². The average Bonchev–Trinajstić information content (AvgIpc) is 1.86. The van der Waals surface area contributed by atoms with Crippen LogP contribution in [0.1, 0.15) is 13.3 Å². The van der Waals surface area contributed by atoms with Gasteiger partial charge in [-0.15, -0.1) is 0 Å². The second kappa shape index (κ2) is 4.13. The van der Waals surface area contributed by atoms with Crippen LogP contribution in [0.3, 0.4) is 0 Å². The Kier molecular flexibility index (Phi) is 3.82. The van der Waals surface area contributed by atoms with Crippen LogP contribution in [0.2, 0.25) is 0 Å². The van der Waals surface area contributed by atoms with Crippen LogP contribution < -0.4 is 5.43 Å². The minimum Gasteiger partial charge on any atom is -0.265 e. The summed E-state index contributed by atoms with van der Waals surface area (Å²) in [6, 6.07) is 0. The van der Waals surface area contributed by atoms with Crippen molar-refractivity contribution in [3.63, 3.8) is 0 Å². The first kappa shape index (κ1) is 10.2. The van der Waals surface area contributed by atoms with Gasteiger partial charge < -0.3 is 0 Å². The summed E-state index contributed by atoms with van der Waals surface area (Å²) in [7, 11) is 3.90. The first-order chi connectivity index (χ1) is 5.02. The molecule has 0 radical (unpaired) electrons. The molecular weight excluding hydrogens is 140 g/mol. The first-order valence-electron chi connectivity index (χ1n) is 3.79. The fourth-order valence-electron chi connectivity index (χ4n) is 0.959. The van der Waals surface area contributed by atoms with Crippen molar-refractivity contribution in [1.29, 1.82) is 0 Å². The molecule has 0 spiro atoms. The van der Waals surface area contributed by atoms with E-state index in [1.807, 2.05) is 14.1 Å². The van der Waals surface area contributed by atoms with Crippen molar-refractivity contribution >= 4 is 5.91 Å². The van der Waals surface area contributed by atoms with Gasteiger partial charge in [-0.2, -0.15) is 5.43 Å². The third-order valence-corrected chi connectivity index (χ3v) is 1.38. The third kappa shape index (κ3) is 4.56. The van der Waals surface area contributed by atoms with Gasteiger partial charge >= 0.3 is 0 Å².